The van der Waals surface area contributed by atoms with Crippen LogP contribution in [0.2, 0.25) is 5.02 Å². The number of carbonyl (C=O) groups excluding carboxylic acids is 1. The molecule has 2 aromatic carbocycles. The Labute approximate surface area is 196 Å². The molecule has 170 valence electrons. The van der Waals surface area contributed by atoms with Crippen LogP contribution in [0.1, 0.15) is 6.92 Å². The molecule has 8 nitrogen and oxygen atoms in total. The summed E-state index contributed by atoms with van der Waals surface area (Å²) in [5, 5.41) is 9.42. The number of anilines is 1. The maximum atomic E-state index is 12.9. The van der Waals surface area contributed by atoms with Crippen molar-refractivity contribution in [1.82, 2.24) is 15.1 Å². The summed E-state index contributed by atoms with van der Waals surface area (Å²) in [6.07, 6.45) is -0.602. The summed E-state index contributed by atoms with van der Waals surface area (Å²) < 4.78 is 16.5. The molecule has 0 bridgehead atoms. The highest BCUT2D eigenvalue weighted by atomic mass is 35.5. The molecule has 1 saturated heterocycles. The van der Waals surface area contributed by atoms with Crippen LogP contribution in [0.4, 0.5) is 5.82 Å². The average molecular weight is 467 g/mol. The molecule has 2 aliphatic heterocycles. The Bertz CT molecular complexity index is 1130. The Kier molecular flexibility index (Phi) is 5.92. The summed E-state index contributed by atoms with van der Waals surface area (Å²) in [6.45, 7) is 4.50. The van der Waals surface area contributed by atoms with E-state index in [1.54, 1.807) is 25.1 Å². The van der Waals surface area contributed by atoms with Crippen molar-refractivity contribution in [3.05, 3.63) is 59.6 Å². The summed E-state index contributed by atoms with van der Waals surface area (Å²) in [5.74, 6) is 2.64. The molecule has 3 aromatic rings. The molecule has 0 aliphatic carbocycles. The van der Waals surface area contributed by atoms with E-state index in [0.29, 0.717) is 48.5 Å². The number of halogens is 1. The van der Waals surface area contributed by atoms with Gasteiger partial charge < -0.3 is 24.0 Å². The molecule has 0 spiro atoms. The maximum Gasteiger partial charge on any atom is 0.263 e. The van der Waals surface area contributed by atoms with Gasteiger partial charge in [0.25, 0.3) is 5.91 Å². The van der Waals surface area contributed by atoms with Crippen molar-refractivity contribution in [2.45, 2.75) is 13.0 Å². The van der Waals surface area contributed by atoms with Gasteiger partial charge >= 0.3 is 0 Å². The molecule has 3 heterocycles. The molecule has 1 aromatic heterocycles. The van der Waals surface area contributed by atoms with Crippen LogP contribution < -0.4 is 19.1 Å². The van der Waals surface area contributed by atoms with E-state index in [2.05, 4.69) is 15.1 Å². The number of hydrogen-bond donors (Lipinski definition) is 0. The van der Waals surface area contributed by atoms with Crippen molar-refractivity contribution in [3.63, 3.8) is 0 Å². The first-order valence-corrected chi connectivity index (χ1v) is 11.1. The van der Waals surface area contributed by atoms with Crippen LogP contribution in [0.5, 0.6) is 17.2 Å². The van der Waals surface area contributed by atoms with E-state index in [9.17, 15) is 4.79 Å². The molecule has 1 fully saturated rings. The van der Waals surface area contributed by atoms with Crippen LogP contribution in [0, 0.1) is 0 Å². The Morgan fingerprint density at radius 1 is 0.970 bits per heavy atom. The Morgan fingerprint density at radius 2 is 1.73 bits per heavy atom. The number of fused-ring (bicyclic) bond motifs is 1. The molecule has 1 atom stereocenters. The number of amides is 1. The molecule has 2 aliphatic rings. The van der Waals surface area contributed by atoms with Crippen LogP contribution in [-0.4, -0.2) is 60.1 Å². The number of piperazine rings is 1. The van der Waals surface area contributed by atoms with E-state index in [1.165, 1.54) is 0 Å². The number of carbonyl (C=O) groups is 1. The molecule has 0 saturated carbocycles. The lowest BCUT2D eigenvalue weighted by Crippen LogP contribution is -2.52. The summed E-state index contributed by atoms with van der Waals surface area (Å²) in [5.41, 5.74) is 1.75. The van der Waals surface area contributed by atoms with E-state index in [1.807, 2.05) is 41.3 Å². The number of hydrogen-bond acceptors (Lipinski definition) is 7. The molecule has 33 heavy (non-hydrogen) atoms. The van der Waals surface area contributed by atoms with Crippen LogP contribution in [0.3, 0.4) is 0 Å². The van der Waals surface area contributed by atoms with Gasteiger partial charge in [0.15, 0.2) is 23.4 Å². The third-order valence-corrected chi connectivity index (χ3v) is 5.96. The second-order valence-corrected chi connectivity index (χ2v) is 8.31. The fourth-order valence-corrected chi connectivity index (χ4v) is 4.01. The van der Waals surface area contributed by atoms with Crippen LogP contribution in [0.15, 0.2) is 54.6 Å². The van der Waals surface area contributed by atoms with Gasteiger partial charge in [0, 0.05) is 42.8 Å². The fourth-order valence-electron chi connectivity index (χ4n) is 3.89. The lowest BCUT2D eigenvalue weighted by atomic mass is 10.1. The minimum Gasteiger partial charge on any atom is -0.481 e. The number of ether oxygens (including phenoxy) is 3. The minimum absolute atomic E-state index is 0.0449. The highest BCUT2D eigenvalue weighted by Gasteiger charge is 2.27. The Hall–Kier alpha value is -3.52. The quantitative estimate of drug-likeness (QED) is 0.568. The van der Waals surface area contributed by atoms with Gasteiger partial charge in [0.1, 0.15) is 5.75 Å². The SMILES string of the molecule is CC(Oc1ccc2c(c1)OCO2)C(=O)N1CCN(c2ccc(-c3ccc(Cl)cc3)nn2)CC1. The maximum absolute atomic E-state index is 12.9. The third-order valence-electron chi connectivity index (χ3n) is 5.71. The van der Waals surface area contributed by atoms with E-state index >= 15 is 0 Å². The first kappa shape index (κ1) is 21.3. The Balaban J connectivity index is 1.15. The van der Waals surface area contributed by atoms with Gasteiger partial charge in [0.2, 0.25) is 6.79 Å². The topological polar surface area (TPSA) is 77.0 Å². The number of benzene rings is 2. The zero-order chi connectivity index (χ0) is 22.8. The van der Waals surface area contributed by atoms with Gasteiger partial charge in [0.05, 0.1) is 5.69 Å². The van der Waals surface area contributed by atoms with Gasteiger partial charge in [-0.15, -0.1) is 10.2 Å². The van der Waals surface area contributed by atoms with Crippen LogP contribution >= 0.6 is 11.6 Å². The van der Waals surface area contributed by atoms with Crippen molar-refractivity contribution in [2.75, 3.05) is 37.9 Å². The summed E-state index contributed by atoms with van der Waals surface area (Å²) in [6, 6.07) is 16.7. The fraction of sp³-hybridized carbons (Fsp3) is 0.292. The molecule has 1 amide bonds. The lowest BCUT2D eigenvalue weighted by molar-refractivity contribution is -0.138. The van der Waals surface area contributed by atoms with E-state index < -0.39 is 6.10 Å². The van der Waals surface area contributed by atoms with Gasteiger partial charge in [-0.05, 0) is 43.3 Å². The largest absolute Gasteiger partial charge is 0.481 e. The van der Waals surface area contributed by atoms with Crippen molar-refractivity contribution in [1.29, 1.82) is 0 Å². The number of rotatable bonds is 5. The predicted molar refractivity (Wildman–Crippen MR) is 124 cm³/mol. The molecule has 0 radical (unpaired) electrons. The first-order chi connectivity index (χ1) is 16.1. The highest BCUT2D eigenvalue weighted by molar-refractivity contribution is 6.30. The van der Waals surface area contributed by atoms with Gasteiger partial charge in [-0.25, -0.2) is 0 Å². The van der Waals surface area contributed by atoms with Gasteiger partial charge in [-0.3, -0.25) is 4.79 Å². The minimum atomic E-state index is -0.602. The normalized spacial score (nSPS) is 15.9. The first-order valence-electron chi connectivity index (χ1n) is 10.8. The number of aromatic nitrogens is 2. The smallest absolute Gasteiger partial charge is 0.263 e. The molecular weight excluding hydrogens is 444 g/mol. The second kappa shape index (κ2) is 9.15. The highest BCUT2D eigenvalue weighted by Crippen LogP contribution is 2.35. The molecule has 1 unspecified atom stereocenters. The van der Waals surface area contributed by atoms with Gasteiger partial charge in [-0.2, -0.15) is 0 Å². The standard InChI is InChI=1S/C24H23ClN4O4/c1-16(33-19-6-8-21-22(14-19)32-15-31-21)24(30)29-12-10-28(11-13-29)23-9-7-20(26-27-23)17-2-4-18(25)5-3-17/h2-9,14,16H,10-13,15H2,1H3. The van der Waals surface area contributed by atoms with Crippen molar-refractivity contribution >= 4 is 23.3 Å². The van der Waals surface area contributed by atoms with Crippen molar-refractivity contribution < 1.29 is 19.0 Å². The zero-order valence-electron chi connectivity index (χ0n) is 18.1. The van der Waals surface area contributed by atoms with E-state index in [-0.39, 0.29) is 12.7 Å². The van der Waals surface area contributed by atoms with Crippen LogP contribution in [-0.2, 0) is 4.79 Å². The summed E-state index contributed by atoms with van der Waals surface area (Å²) in [4.78, 5) is 16.8. The number of nitrogens with zero attached hydrogens (tertiary/aromatic N) is 4. The average Bonchev–Trinajstić information content (AvgIpc) is 3.32. The van der Waals surface area contributed by atoms with E-state index in [4.69, 9.17) is 25.8 Å². The molecule has 0 N–H and O–H groups in total. The molecule has 9 heteroatoms. The molecule has 5 rings (SSSR count). The zero-order valence-corrected chi connectivity index (χ0v) is 18.9. The van der Waals surface area contributed by atoms with E-state index in [0.717, 1.165) is 17.1 Å². The second-order valence-electron chi connectivity index (χ2n) is 7.87. The monoisotopic (exact) mass is 466 g/mol. The Morgan fingerprint density at radius 3 is 2.45 bits per heavy atom. The lowest BCUT2D eigenvalue weighted by Gasteiger charge is -2.36. The predicted octanol–water partition coefficient (Wildman–Crippen LogP) is 3.64. The third kappa shape index (κ3) is 4.66. The van der Waals surface area contributed by atoms with Crippen molar-refractivity contribution in [2.24, 2.45) is 0 Å². The molecular formula is C24H23ClN4O4. The van der Waals surface area contributed by atoms with Gasteiger partial charge in [-0.1, -0.05) is 23.7 Å². The summed E-state index contributed by atoms with van der Waals surface area (Å²) >= 11 is 5.95. The van der Waals surface area contributed by atoms with Crippen LogP contribution in [0.25, 0.3) is 11.3 Å². The van der Waals surface area contributed by atoms with Crippen molar-refractivity contribution in [3.8, 4) is 28.5 Å². The summed E-state index contributed by atoms with van der Waals surface area (Å²) in [7, 11) is 0.